The Balaban J connectivity index is 1.48. The van der Waals surface area contributed by atoms with Gasteiger partial charge in [-0.1, -0.05) is 67.1 Å². The number of carboxylic acid groups (broad SMARTS) is 1. The van der Waals surface area contributed by atoms with Gasteiger partial charge in [0.15, 0.2) is 0 Å². The van der Waals surface area contributed by atoms with Crippen LogP contribution in [0.1, 0.15) is 40.1 Å². The first-order valence-corrected chi connectivity index (χ1v) is 12.8. The number of aliphatic carboxylic acids is 1. The van der Waals surface area contributed by atoms with E-state index in [1.807, 2.05) is 66.7 Å². The maximum absolute atomic E-state index is 11.4. The lowest BCUT2D eigenvalue weighted by molar-refractivity contribution is -0.140. The number of carboxylic acids is 1. The SMILES string of the molecule is C[C@@H](CSC1c2ccccc2COc2ccc(/C=C/c3ccc4ccc(Cl)cc4n3)cc21)C(=O)O. The molecule has 5 rings (SSSR count). The largest absolute Gasteiger partial charge is 0.489 e. The van der Waals surface area contributed by atoms with Gasteiger partial charge in [0, 0.05) is 21.7 Å². The maximum atomic E-state index is 11.4. The van der Waals surface area contributed by atoms with Gasteiger partial charge in [0.05, 0.1) is 22.4 Å². The highest BCUT2D eigenvalue weighted by Crippen LogP contribution is 2.45. The number of benzene rings is 3. The van der Waals surface area contributed by atoms with Crippen LogP contribution in [0.15, 0.2) is 72.8 Å². The lowest BCUT2D eigenvalue weighted by Gasteiger charge is -2.20. The molecule has 0 amide bonds. The lowest BCUT2D eigenvalue weighted by atomic mass is 9.98. The van der Waals surface area contributed by atoms with Crippen molar-refractivity contribution >= 4 is 52.4 Å². The lowest BCUT2D eigenvalue weighted by Crippen LogP contribution is -2.13. The van der Waals surface area contributed by atoms with E-state index in [2.05, 4.69) is 18.2 Å². The predicted octanol–water partition coefficient (Wildman–Crippen LogP) is 7.49. The molecule has 0 spiro atoms. The molecule has 6 heteroatoms. The third-order valence-electron chi connectivity index (χ3n) is 6.09. The topological polar surface area (TPSA) is 59.4 Å². The zero-order valence-corrected chi connectivity index (χ0v) is 20.7. The summed E-state index contributed by atoms with van der Waals surface area (Å²) in [6, 6.07) is 24.1. The van der Waals surface area contributed by atoms with Crippen LogP contribution in [0, 0.1) is 5.92 Å². The van der Waals surface area contributed by atoms with E-state index in [-0.39, 0.29) is 5.25 Å². The van der Waals surface area contributed by atoms with Gasteiger partial charge in [-0.3, -0.25) is 4.79 Å². The molecule has 1 aliphatic rings. The molecular formula is C29H24ClNO3S. The minimum atomic E-state index is -0.781. The fraction of sp³-hybridized carbons (Fsp3) is 0.172. The van der Waals surface area contributed by atoms with E-state index in [0.717, 1.165) is 39.0 Å². The van der Waals surface area contributed by atoms with E-state index in [1.54, 1.807) is 18.7 Å². The highest BCUT2D eigenvalue weighted by atomic mass is 35.5. The Bertz CT molecular complexity index is 1430. The first-order chi connectivity index (χ1) is 17.0. The molecule has 2 atom stereocenters. The second-order valence-electron chi connectivity index (χ2n) is 8.64. The van der Waals surface area contributed by atoms with Crippen LogP contribution < -0.4 is 4.74 Å². The Morgan fingerprint density at radius 2 is 1.94 bits per heavy atom. The van der Waals surface area contributed by atoms with Gasteiger partial charge in [0.1, 0.15) is 12.4 Å². The van der Waals surface area contributed by atoms with Crippen molar-refractivity contribution in [2.45, 2.75) is 18.8 Å². The molecular weight excluding hydrogens is 478 g/mol. The molecule has 0 saturated carbocycles. The number of hydrogen-bond donors (Lipinski definition) is 1. The fourth-order valence-electron chi connectivity index (χ4n) is 4.12. The van der Waals surface area contributed by atoms with E-state index in [9.17, 15) is 9.90 Å². The number of aromatic nitrogens is 1. The van der Waals surface area contributed by atoms with E-state index in [1.165, 1.54) is 5.56 Å². The average molecular weight is 502 g/mol. The molecule has 4 nitrogen and oxygen atoms in total. The van der Waals surface area contributed by atoms with E-state index in [4.69, 9.17) is 21.3 Å². The third-order valence-corrected chi connectivity index (χ3v) is 7.86. The van der Waals surface area contributed by atoms with Crippen LogP contribution >= 0.6 is 23.4 Å². The van der Waals surface area contributed by atoms with Gasteiger partial charge in [-0.15, -0.1) is 11.8 Å². The highest BCUT2D eigenvalue weighted by molar-refractivity contribution is 7.99. The molecule has 1 unspecified atom stereocenters. The van der Waals surface area contributed by atoms with Crippen molar-refractivity contribution in [3.8, 4) is 5.75 Å². The second-order valence-corrected chi connectivity index (χ2v) is 10.2. The number of pyridine rings is 1. The zero-order valence-electron chi connectivity index (χ0n) is 19.1. The molecule has 1 aliphatic heterocycles. The van der Waals surface area contributed by atoms with E-state index in [0.29, 0.717) is 17.4 Å². The molecule has 1 aromatic heterocycles. The molecule has 1 N–H and O–H groups in total. The Morgan fingerprint density at radius 3 is 2.80 bits per heavy atom. The number of fused-ring (bicyclic) bond motifs is 3. The fourth-order valence-corrected chi connectivity index (χ4v) is 5.69. The van der Waals surface area contributed by atoms with Crippen LogP contribution in [0.3, 0.4) is 0 Å². The van der Waals surface area contributed by atoms with Crippen LogP contribution in [0.2, 0.25) is 5.02 Å². The van der Waals surface area contributed by atoms with Gasteiger partial charge in [-0.2, -0.15) is 0 Å². The first kappa shape index (κ1) is 23.5. The summed E-state index contributed by atoms with van der Waals surface area (Å²) in [6.45, 7) is 2.24. The summed E-state index contributed by atoms with van der Waals surface area (Å²) in [4.78, 5) is 16.2. The Hall–Kier alpha value is -3.28. The van der Waals surface area contributed by atoms with Crippen LogP contribution in [0.4, 0.5) is 0 Å². The molecule has 0 radical (unpaired) electrons. The summed E-state index contributed by atoms with van der Waals surface area (Å²) in [6.07, 6.45) is 4.03. The standard InChI is InChI=1S/C29H24ClNO3S/c1-18(29(32)33)17-35-28-24-5-3-2-4-21(24)16-34-27-13-7-19(14-25(27)28)6-11-23-12-9-20-8-10-22(30)15-26(20)31-23/h2-15,18,28H,16-17H2,1H3,(H,32,33)/b11-6+/t18-,28?/m0/s1. The Labute approximate surface area is 213 Å². The molecule has 0 fully saturated rings. The average Bonchev–Trinajstić information content (AvgIpc) is 3.02. The predicted molar refractivity (Wildman–Crippen MR) is 144 cm³/mol. The molecule has 0 bridgehead atoms. The molecule has 35 heavy (non-hydrogen) atoms. The van der Waals surface area contributed by atoms with Crippen molar-refractivity contribution in [1.82, 2.24) is 4.98 Å². The van der Waals surface area contributed by atoms with Crippen molar-refractivity contribution in [3.05, 3.63) is 106 Å². The summed E-state index contributed by atoms with van der Waals surface area (Å²) in [5.41, 5.74) is 6.07. The number of rotatable bonds is 6. The number of nitrogens with zero attached hydrogens (tertiary/aromatic N) is 1. The van der Waals surface area contributed by atoms with Gasteiger partial charge in [0.25, 0.3) is 0 Å². The van der Waals surface area contributed by atoms with Crippen molar-refractivity contribution < 1.29 is 14.6 Å². The van der Waals surface area contributed by atoms with Gasteiger partial charge in [0.2, 0.25) is 0 Å². The van der Waals surface area contributed by atoms with E-state index < -0.39 is 11.9 Å². The summed E-state index contributed by atoms with van der Waals surface area (Å²) < 4.78 is 6.16. The number of ether oxygens (including phenoxy) is 1. The minimum Gasteiger partial charge on any atom is -0.489 e. The second kappa shape index (κ2) is 10.1. The Morgan fingerprint density at radius 1 is 1.11 bits per heavy atom. The van der Waals surface area contributed by atoms with Crippen molar-refractivity contribution in [1.29, 1.82) is 0 Å². The molecule has 4 aromatic rings. The highest BCUT2D eigenvalue weighted by Gasteiger charge is 2.26. The van der Waals surface area contributed by atoms with Crippen LogP contribution in [-0.4, -0.2) is 21.8 Å². The minimum absolute atomic E-state index is 0.0141. The van der Waals surface area contributed by atoms with Crippen LogP contribution in [0.25, 0.3) is 23.1 Å². The number of thioether (sulfide) groups is 1. The molecule has 176 valence electrons. The molecule has 0 saturated heterocycles. The summed E-state index contributed by atoms with van der Waals surface area (Å²) >= 11 is 7.78. The summed E-state index contributed by atoms with van der Waals surface area (Å²) in [5.74, 6) is 0.126. The normalized spacial score (nSPS) is 15.8. The van der Waals surface area contributed by atoms with Crippen LogP contribution in [-0.2, 0) is 11.4 Å². The number of hydrogen-bond acceptors (Lipinski definition) is 4. The van der Waals surface area contributed by atoms with E-state index >= 15 is 0 Å². The summed E-state index contributed by atoms with van der Waals surface area (Å²) in [7, 11) is 0. The molecule has 2 heterocycles. The van der Waals surface area contributed by atoms with Gasteiger partial charge < -0.3 is 9.84 Å². The smallest absolute Gasteiger partial charge is 0.307 e. The third kappa shape index (κ3) is 5.21. The van der Waals surface area contributed by atoms with Gasteiger partial charge in [-0.05, 0) is 53.1 Å². The van der Waals surface area contributed by atoms with Gasteiger partial charge in [-0.25, -0.2) is 4.98 Å². The van der Waals surface area contributed by atoms with Crippen molar-refractivity contribution in [2.75, 3.05) is 5.75 Å². The van der Waals surface area contributed by atoms with Crippen LogP contribution in [0.5, 0.6) is 5.75 Å². The molecule has 0 aliphatic carbocycles. The maximum Gasteiger partial charge on any atom is 0.307 e. The molecule has 3 aromatic carbocycles. The zero-order chi connectivity index (χ0) is 24.4. The number of carbonyl (C=O) groups is 1. The monoisotopic (exact) mass is 501 g/mol. The number of halogens is 1. The first-order valence-electron chi connectivity index (χ1n) is 11.4. The van der Waals surface area contributed by atoms with Crippen molar-refractivity contribution in [3.63, 3.8) is 0 Å². The van der Waals surface area contributed by atoms with Gasteiger partial charge >= 0.3 is 5.97 Å². The summed E-state index contributed by atoms with van der Waals surface area (Å²) in [5, 5.41) is 11.1. The quantitative estimate of drug-likeness (QED) is 0.296. The Kier molecular flexibility index (Phi) is 6.80. The van der Waals surface area contributed by atoms with Crippen molar-refractivity contribution in [2.24, 2.45) is 5.92 Å².